The fourth-order valence-electron chi connectivity index (χ4n) is 13.3. The van der Waals surface area contributed by atoms with Crippen LogP contribution < -0.4 is 37.6 Å². The molecule has 1 unspecified atom stereocenters. The molecule has 1 saturated heterocycles. The molecule has 0 aliphatic carbocycles. The molecular formula is C81H131N11O23. The average Bonchev–Trinajstić information content (AvgIpc) is 1.78. The van der Waals surface area contributed by atoms with E-state index >= 15 is 0 Å². The molecule has 0 aromatic heterocycles. The summed E-state index contributed by atoms with van der Waals surface area (Å²) in [6.07, 6.45) is 1.28. The molecule has 1 fully saturated rings. The number of carbonyl (C=O) groups is 11. The number of methoxy groups -OCH3 is 2. The number of aliphatic hydroxyl groups is 1. The predicted molar refractivity (Wildman–Crippen MR) is 426 cm³/mol. The van der Waals surface area contributed by atoms with Crippen LogP contribution in [0.1, 0.15) is 131 Å². The number of aliphatic hydroxyl groups excluding tert-OH is 1. The van der Waals surface area contributed by atoms with Crippen molar-refractivity contribution >= 4 is 71.0 Å². The van der Waals surface area contributed by atoms with Crippen LogP contribution in [0.4, 0.5) is 15.3 Å². The Kier molecular flexibility index (Phi) is 47.0. The number of urea groups is 1. The Morgan fingerprint density at radius 1 is 0.600 bits per heavy atom. The van der Waals surface area contributed by atoms with Gasteiger partial charge in [0.25, 0.3) is 11.8 Å². The zero-order chi connectivity index (χ0) is 84.9. The fourth-order valence-corrected chi connectivity index (χ4v) is 13.3. The number of anilines is 1. The first kappa shape index (κ1) is 99.1. The number of nitrogens with two attached hydrogens (primary N) is 1. The number of imide groups is 1. The van der Waals surface area contributed by atoms with Crippen LogP contribution in [0.2, 0.25) is 0 Å². The van der Waals surface area contributed by atoms with Gasteiger partial charge in [-0.3, -0.25) is 53.0 Å². The van der Waals surface area contributed by atoms with Gasteiger partial charge in [-0.15, -0.1) is 0 Å². The topological polar surface area (TPSA) is 421 Å². The number of nitrogens with one attached hydrogen (secondary N) is 6. The molecule has 12 amide bonds. The second kappa shape index (κ2) is 54.6. The van der Waals surface area contributed by atoms with E-state index < -0.39 is 126 Å². The molecule has 34 nitrogen and oxygen atoms in total. The van der Waals surface area contributed by atoms with E-state index in [1.54, 1.807) is 109 Å². The summed E-state index contributed by atoms with van der Waals surface area (Å²) < 4.78 is 61.8. The van der Waals surface area contributed by atoms with Crippen LogP contribution in [0.5, 0.6) is 0 Å². The Morgan fingerprint density at radius 2 is 1.13 bits per heavy atom. The third-order valence-electron chi connectivity index (χ3n) is 20.0. The van der Waals surface area contributed by atoms with Crippen molar-refractivity contribution in [1.82, 2.24) is 46.2 Å². The standard InChI is InChI=1S/C81H131N11O23/c1-15-56(8)72(64(105-13)51-68(96)91-33-20-24-63(91)74(106-14)57(9)75(98)84-58(10)73(97)60-21-17-16-18-22-60)89(11)79(102)70(54(4)5)88-78(101)71(55(6)7)90(12)81(104)115-52-59-25-27-61(28-26-59)85-76(99)62(23-19-32-83-80(82)103)86-77(100)69(53(2)3)87-65(93)31-35-107-37-39-109-41-43-111-45-47-113-49-50-114-48-46-112-44-42-110-40-38-108-36-34-92-66(94)29-30-67(92)95/h16-18,21-22,25-30,53-58,62-64,69-74,97H,15,19-20,23-24,31-52H2,1-14H3,(H,84,98)(H,85,99)(H,86,100)(H,87,93)(H,88,101)(H3,82,83,103)/t56-,57+,58+,62-,63-,64?,69-,70-,71-,72+,73+,74+/m0/s1. The predicted octanol–water partition coefficient (Wildman–Crippen LogP) is 4.04. The highest BCUT2D eigenvalue weighted by Gasteiger charge is 2.44. The van der Waals surface area contributed by atoms with E-state index in [4.69, 9.17) is 57.8 Å². The Labute approximate surface area is 677 Å². The van der Waals surface area contributed by atoms with Crippen LogP contribution in [-0.4, -0.2) is 298 Å². The van der Waals surface area contributed by atoms with Crippen LogP contribution in [0.3, 0.4) is 0 Å². The number of ether oxygens (including phenoxy) is 11. The summed E-state index contributed by atoms with van der Waals surface area (Å²) in [6, 6.07) is 8.67. The third-order valence-corrected chi connectivity index (χ3v) is 20.0. The van der Waals surface area contributed by atoms with Crippen LogP contribution in [-0.2, 0) is 102 Å². The summed E-state index contributed by atoms with van der Waals surface area (Å²) >= 11 is 0. The zero-order valence-corrected chi connectivity index (χ0v) is 69.9. The molecule has 2 aromatic rings. The van der Waals surface area contributed by atoms with Gasteiger partial charge < -0.3 is 105 Å². The number of benzene rings is 2. The summed E-state index contributed by atoms with van der Waals surface area (Å²) in [4.78, 5) is 152. The quantitative estimate of drug-likeness (QED) is 0.0342. The molecule has 2 heterocycles. The molecule has 4 rings (SSSR count). The van der Waals surface area contributed by atoms with Gasteiger partial charge in [-0.25, -0.2) is 9.59 Å². The summed E-state index contributed by atoms with van der Waals surface area (Å²) in [6.45, 7) is 23.7. The Morgan fingerprint density at radius 3 is 1.63 bits per heavy atom. The molecular weight excluding hydrogens is 1490 g/mol. The van der Waals surface area contributed by atoms with Crippen molar-refractivity contribution in [2.24, 2.45) is 35.3 Å². The maximum Gasteiger partial charge on any atom is 0.410 e. The summed E-state index contributed by atoms with van der Waals surface area (Å²) in [5.74, 6) is -6.09. The normalized spacial score (nSPS) is 16.4. The van der Waals surface area contributed by atoms with Crippen molar-refractivity contribution in [3.8, 4) is 0 Å². The summed E-state index contributed by atoms with van der Waals surface area (Å²) in [5, 5.41) is 27.7. The van der Waals surface area contributed by atoms with Gasteiger partial charge in [0.2, 0.25) is 41.4 Å². The number of likely N-dealkylation sites (tertiary alicyclic amines) is 1. The minimum Gasteiger partial charge on any atom is -0.445 e. The van der Waals surface area contributed by atoms with Crippen LogP contribution in [0.25, 0.3) is 0 Å². The van der Waals surface area contributed by atoms with E-state index in [9.17, 15) is 57.8 Å². The first-order chi connectivity index (χ1) is 55.0. The number of hydrogen-bond donors (Lipinski definition) is 8. The molecule has 648 valence electrons. The first-order valence-corrected chi connectivity index (χ1v) is 40.0. The minimum atomic E-state index is -1.13. The fraction of sp³-hybridized carbons (Fsp3) is 0.691. The number of rotatable bonds is 59. The van der Waals surface area contributed by atoms with E-state index in [0.29, 0.717) is 122 Å². The van der Waals surface area contributed by atoms with Gasteiger partial charge in [0, 0.05) is 65.7 Å². The van der Waals surface area contributed by atoms with Crippen LogP contribution >= 0.6 is 0 Å². The maximum atomic E-state index is 14.9. The number of hydrogen-bond acceptors (Lipinski definition) is 23. The van der Waals surface area contributed by atoms with Crippen LogP contribution in [0.15, 0.2) is 66.7 Å². The smallest absolute Gasteiger partial charge is 0.410 e. The molecule has 2 aromatic carbocycles. The first-order valence-electron chi connectivity index (χ1n) is 40.0. The summed E-state index contributed by atoms with van der Waals surface area (Å²) in [7, 11) is 6.08. The van der Waals surface area contributed by atoms with Crippen molar-refractivity contribution in [3.63, 3.8) is 0 Å². The van der Waals surface area contributed by atoms with Crippen LogP contribution in [0, 0.1) is 29.6 Å². The average molecular weight is 1630 g/mol. The number of nitrogens with zero attached hydrogens (tertiary/aromatic N) is 4. The van der Waals surface area contributed by atoms with Crippen molar-refractivity contribution in [2.45, 2.75) is 181 Å². The lowest BCUT2D eigenvalue weighted by Gasteiger charge is -2.41. The number of amides is 12. The number of primary amides is 1. The molecule has 0 bridgehead atoms. The van der Waals surface area contributed by atoms with Crippen molar-refractivity contribution in [1.29, 1.82) is 0 Å². The molecule has 9 N–H and O–H groups in total. The molecule has 0 radical (unpaired) electrons. The lowest BCUT2D eigenvalue weighted by molar-refractivity contribution is -0.148. The van der Waals surface area contributed by atoms with Gasteiger partial charge in [-0.1, -0.05) is 111 Å². The van der Waals surface area contributed by atoms with Gasteiger partial charge in [0.15, 0.2) is 0 Å². The van der Waals surface area contributed by atoms with Gasteiger partial charge in [0.1, 0.15) is 30.8 Å². The second-order valence-corrected chi connectivity index (χ2v) is 29.6. The SMILES string of the molecule is CC[C@H](C)[C@H](C(CC(=O)N1CCC[C@H]1[C@H](OC)[C@@H](C)C(=O)N[C@H](C)[C@@H](O)c1ccccc1)OC)N(C)C(=O)[C@@H](NC(=O)[C@H](C(C)C)N(C)C(=O)OCc1ccc(NC(=O)[C@H](CCCNC(N)=O)NC(=O)[C@@H](NC(=O)CCOCCOCCOCCOCCOCCOCCOCCOCCN2C(=O)C=CC2=O)C(C)C)cc1)C(C)C. The highest BCUT2D eigenvalue weighted by atomic mass is 16.6. The molecule has 0 spiro atoms. The van der Waals surface area contributed by atoms with Gasteiger partial charge in [0.05, 0.1) is 161 Å². The van der Waals surface area contributed by atoms with Crippen molar-refractivity contribution in [2.75, 3.05) is 159 Å². The molecule has 0 saturated carbocycles. The Balaban J connectivity index is 1.19. The Bertz CT molecular complexity index is 3280. The van der Waals surface area contributed by atoms with Gasteiger partial charge in [-0.2, -0.15) is 0 Å². The van der Waals surface area contributed by atoms with E-state index in [1.807, 2.05) is 32.0 Å². The monoisotopic (exact) mass is 1630 g/mol. The molecule has 34 heteroatoms. The van der Waals surface area contributed by atoms with Crippen molar-refractivity contribution in [3.05, 3.63) is 77.9 Å². The van der Waals surface area contributed by atoms with E-state index in [2.05, 4.69) is 31.9 Å². The zero-order valence-electron chi connectivity index (χ0n) is 69.9. The third kappa shape index (κ3) is 35.2. The lowest BCUT2D eigenvalue weighted by Crippen LogP contribution is -2.60. The van der Waals surface area contributed by atoms with Gasteiger partial charge >= 0.3 is 12.1 Å². The molecule has 12 atom stereocenters. The second-order valence-electron chi connectivity index (χ2n) is 29.6. The molecule has 2 aliphatic heterocycles. The van der Waals surface area contributed by atoms with E-state index in [-0.39, 0.29) is 101 Å². The van der Waals surface area contributed by atoms with E-state index in [0.717, 1.165) is 4.90 Å². The number of carbonyl (C=O) groups excluding carboxylic acids is 11. The van der Waals surface area contributed by atoms with Crippen molar-refractivity contribution < 1.29 is 110 Å². The number of likely N-dealkylation sites (N-methyl/N-ethyl adjacent to an activating group) is 2. The summed E-state index contributed by atoms with van der Waals surface area (Å²) in [5.41, 5.74) is 6.79. The maximum absolute atomic E-state index is 14.9. The van der Waals surface area contributed by atoms with Gasteiger partial charge in [-0.05, 0) is 79.5 Å². The minimum absolute atomic E-state index is 0.0483. The Hall–Kier alpha value is -8.29. The largest absolute Gasteiger partial charge is 0.445 e. The molecule has 2 aliphatic rings. The van der Waals surface area contributed by atoms with E-state index in [1.165, 1.54) is 38.3 Å². The highest BCUT2D eigenvalue weighted by Crippen LogP contribution is 2.31. The lowest BCUT2D eigenvalue weighted by atomic mass is 9.89. The highest BCUT2D eigenvalue weighted by molar-refractivity contribution is 6.12. The molecule has 115 heavy (non-hydrogen) atoms.